The Bertz CT molecular complexity index is 921. The molecule has 1 aromatic heterocycles. The van der Waals surface area contributed by atoms with Crippen LogP contribution in [0.25, 0.3) is 5.76 Å². The SMILES string of the molecule is COCCCN1C(=O)C(=O)/C(=C(/O)c2cc(C)ccc2C)C1c1cccnc1. The Morgan fingerprint density at radius 1 is 1.25 bits per heavy atom. The highest BCUT2D eigenvalue weighted by molar-refractivity contribution is 6.46. The van der Waals surface area contributed by atoms with Gasteiger partial charge in [-0.05, 0) is 43.5 Å². The number of methoxy groups -OCH3 is 1. The number of Topliss-reactive ketones (excluding diaryl/α,β-unsaturated/α-hetero) is 1. The highest BCUT2D eigenvalue weighted by Crippen LogP contribution is 2.39. The molecule has 0 spiro atoms. The van der Waals surface area contributed by atoms with Gasteiger partial charge in [0.15, 0.2) is 0 Å². The number of hydrogen-bond donors (Lipinski definition) is 1. The quantitative estimate of drug-likeness (QED) is 0.360. The summed E-state index contributed by atoms with van der Waals surface area (Å²) in [5.41, 5.74) is 3.14. The number of aryl methyl sites for hydroxylation is 2. The average Bonchev–Trinajstić information content (AvgIpc) is 2.95. The number of carbonyl (C=O) groups excluding carboxylic acids is 2. The third-order valence-electron chi connectivity index (χ3n) is 4.94. The van der Waals surface area contributed by atoms with Crippen molar-refractivity contribution in [2.45, 2.75) is 26.3 Å². The lowest BCUT2D eigenvalue weighted by Gasteiger charge is -2.25. The topological polar surface area (TPSA) is 79.7 Å². The van der Waals surface area contributed by atoms with Crippen molar-refractivity contribution < 1.29 is 19.4 Å². The minimum absolute atomic E-state index is 0.101. The molecule has 6 nitrogen and oxygen atoms in total. The number of benzene rings is 1. The fourth-order valence-electron chi connectivity index (χ4n) is 3.51. The first kappa shape index (κ1) is 19.8. The standard InChI is InChI=1S/C22H24N2O4/c1-14-7-8-15(2)17(12-14)20(25)18-19(16-6-4-9-23-13-16)24(10-5-11-28-3)22(27)21(18)26/h4,6-9,12-13,19,25H,5,10-11H2,1-3H3/b20-18+. The molecular formula is C22H24N2O4. The molecule has 3 rings (SSSR count). The minimum Gasteiger partial charge on any atom is -0.507 e. The largest absolute Gasteiger partial charge is 0.507 e. The molecule has 0 radical (unpaired) electrons. The Kier molecular flexibility index (Phi) is 5.90. The van der Waals surface area contributed by atoms with E-state index in [2.05, 4.69) is 4.98 Å². The Morgan fingerprint density at radius 2 is 2.04 bits per heavy atom. The van der Waals surface area contributed by atoms with Crippen LogP contribution in [0.4, 0.5) is 0 Å². The maximum absolute atomic E-state index is 12.9. The van der Waals surface area contributed by atoms with Crippen molar-refractivity contribution in [1.82, 2.24) is 9.88 Å². The zero-order valence-electron chi connectivity index (χ0n) is 16.3. The molecule has 1 unspecified atom stereocenters. The number of hydrogen-bond acceptors (Lipinski definition) is 5. The van der Waals surface area contributed by atoms with Gasteiger partial charge in [-0.15, -0.1) is 0 Å². The second-order valence-electron chi connectivity index (χ2n) is 6.94. The number of likely N-dealkylation sites (tertiary alicyclic amines) is 1. The molecule has 146 valence electrons. The van der Waals surface area contributed by atoms with Gasteiger partial charge in [-0.25, -0.2) is 0 Å². The van der Waals surface area contributed by atoms with Gasteiger partial charge >= 0.3 is 0 Å². The number of ether oxygens (including phenoxy) is 1. The summed E-state index contributed by atoms with van der Waals surface area (Å²) >= 11 is 0. The van der Waals surface area contributed by atoms with E-state index in [0.29, 0.717) is 30.7 Å². The van der Waals surface area contributed by atoms with E-state index in [1.165, 1.54) is 4.90 Å². The summed E-state index contributed by atoms with van der Waals surface area (Å²) in [6.07, 6.45) is 3.84. The van der Waals surface area contributed by atoms with E-state index in [9.17, 15) is 14.7 Å². The first-order valence-corrected chi connectivity index (χ1v) is 9.20. The number of aliphatic hydroxyl groups excluding tert-OH is 1. The van der Waals surface area contributed by atoms with Crippen molar-refractivity contribution in [3.63, 3.8) is 0 Å². The zero-order valence-corrected chi connectivity index (χ0v) is 16.3. The number of amides is 1. The van der Waals surface area contributed by atoms with Gasteiger partial charge < -0.3 is 14.7 Å². The van der Waals surface area contributed by atoms with Crippen molar-refractivity contribution in [3.8, 4) is 0 Å². The third kappa shape index (κ3) is 3.68. The lowest BCUT2D eigenvalue weighted by molar-refractivity contribution is -0.140. The number of aromatic nitrogens is 1. The molecule has 1 aliphatic rings. The second kappa shape index (κ2) is 8.35. The van der Waals surface area contributed by atoms with Crippen molar-refractivity contribution >= 4 is 17.4 Å². The molecule has 1 aromatic carbocycles. The summed E-state index contributed by atoms with van der Waals surface area (Å²) in [4.78, 5) is 31.3. The molecule has 28 heavy (non-hydrogen) atoms. The monoisotopic (exact) mass is 380 g/mol. The van der Waals surface area contributed by atoms with Gasteiger partial charge in [0, 0.05) is 38.2 Å². The number of pyridine rings is 1. The van der Waals surface area contributed by atoms with Crippen LogP contribution in [0.3, 0.4) is 0 Å². The summed E-state index contributed by atoms with van der Waals surface area (Å²) < 4.78 is 5.08. The third-order valence-corrected chi connectivity index (χ3v) is 4.94. The Balaban J connectivity index is 2.15. The normalized spacial score (nSPS) is 18.7. The lowest BCUT2D eigenvalue weighted by Crippen LogP contribution is -2.31. The summed E-state index contributed by atoms with van der Waals surface area (Å²) in [5, 5.41) is 11.1. The Hall–Kier alpha value is -2.99. The molecule has 0 aliphatic carbocycles. The van der Waals surface area contributed by atoms with Gasteiger partial charge in [-0.1, -0.05) is 23.8 Å². The molecule has 1 atom stereocenters. The number of carbonyl (C=O) groups is 2. The molecular weight excluding hydrogens is 356 g/mol. The van der Waals surface area contributed by atoms with Crippen LogP contribution in [0, 0.1) is 13.8 Å². The van der Waals surface area contributed by atoms with Crippen molar-refractivity contribution in [2.75, 3.05) is 20.3 Å². The van der Waals surface area contributed by atoms with Gasteiger partial charge in [0.25, 0.3) is 11.7 Å². The number of nitrogens with zero attached hydrogens (tertiary/aromatic N) is 2. The zero-order chi connectivity index (χ0) is 20.3. The summed E-state index contributed by atoms with van der Waals surface area (Å²) in [5.74, 6) is -1.44. The van der Waals surface area contributed by atoms with Crippen LogP contribution in [-0.2, 0) is 14.3 Å². The van der Waals surface area contributed by atoms with Crippen molar-refractivity contribution in [2.24, 2.45) is 0 Å². The molecule has 6 heteroatoms. The number of aliphatic hydroxyl groups is 1. The summed E-state index contributed by atoms with van der Waals surface area (Å²) in [6.45, 7) is 4.60. The fraction of sp³-hybridized carbons (Fsp3) is 0.318. The molecule has 1 aliphatic heterocycles. The summed E-state index contributed by atoms with van der Waals surface area (Å²) in [6, 6.07) is 8.53. The molecule has 2 heterocycles. The molecule has 0 saturated carbocycles. The van der Waals surface area contributed by atoms with E-state index in [0.717, 1.165) is 11.1 Å². The second-order valence-corrected chi connectivity index (χ2v) is 6.94. The van der Waals surface area contributed by atoms with Crippen molar-refractivity contribution in [1.29, 1.82) is 0 Å². The maximum atomic E-state index is 12.9. The minimum atomic E-state index is -0.676. The maximum Gasteiger partial charge on any atom is 0.295 e. The smallest absolute Gasteiger partial charge is 0.295 e. The lowest BCUT2D eigenvalue weighted by atomic mass is 9.94. The molecule has 2 aromatic rings. The highest BCUT2D eigenvalue weighted by Gasteiger charge is 2.46. The molecule has 1 saturated heterocycles. The van der Waals surface area contributed by atoms with Crippen LogP contribution in [0.5, 0.6) is 0 Å². The van der Waals surface area contributed by atoms with E-state index < -0.39 is 17.7 Å². The van der Waals surface area contributed by atoms with E-state index in [1.807, 2.05) is 38.1 Å². The number of ketones is 1. The van der Waals surface area contributed by atoms with Crippen LogP contribution < -0.4 is 0 Å². The molecule has 1 amide bonds. The number of rotatable bonds is 6. The van der Waals surface area contributed by atoms with Gasteiger partial charge in [-0.3, -0.25) is 14.6 Å². The van der Waals surface area contributed by atoms with Gasteiger partial charge in [-0.2, -0.15) is 0 Å². The van der Waals surface area contributed by atoms with E-state index in [-0.39, 0.29) is 11.3 Å². The molecule has 1 fully saturated rings. The fourth-order valence-corrected chi connectivity index (χ4v) is 3.51. The predicted molar refractivity (Wildman–Crippen MR) is 106 cm³/mol. The Morgan fingerprint density at radius 3 is 2.71 bits per heavy atom. The highest BCUT2D eigenvalue weighted by atomic mass is 16.5. The Labute approximate surface area is 164 Å². The van der Waals surface area contributed by atoms with E-state index >= 15 is 0 Å². The van der Waals surface area contributed by atoms with Crippen LogP contribution in [0.2, 0.25) is 0 Å². The van der Waals surface area contributed by atoms with Gasteiger partial charge in [0.2, 0.25) is 0 Å². The van der Waals surface area contributed by atoms with Crippen molar-refractivity contribution in [3.05, 3.63) is 70.6 Å². The van der Waals surface area contributed by atoms with E-state index in [1.54, 1.807) is 25.6 Å². The first-order chi connectivity index (χ1) is 13.5. The van der Waals surface area contributed by atoms with Crippen LogP contribution in [-0.4, -0.2) is 46.9 Å². The molecule has 1 N–H and O–H groups in total. The predicted octanol–water partition coefficient (Wildman–Crippen LogP) is 3.16. The summed E-state index contributed by atoms with van der Waals surface area (Å²) in [7, 11) is 1.59. The molecule has 0 bridgehead atoms. The average molecular weight is 380 g/mol. The van der Waals surface area contributed by atoms with E-state index in [4.69, 9.17) is 4.74 Å². The van der Waals surface area contributed by atoms with Crippen LogP contribution >= 0.6 is 0 Å². The van der Waals surface area contributed by atoms with Crippen LogP contribution in [0.15, 0.2) is 48.3 Å². The van der Waals surface area contributed by atoms with Crippen LogP contribution in [0.1, 0.15) is 34.7 Å². The van der Waals surface area contributed by atoms with Gasteiger partial charge in [0.1, 0.15) is 5.76 Å². The van der Waals surface area contributed by atoms with Gasteiger partial charge in [0.05, 0.1) is 11.6 Å². The first-order valence-electron chi connectivity index (χ1n) is 9.20.